The molecular weight excluding hydrogens is 302 g/mol. The van der Waals surface area contributed by atoms with Crippen LogP contribution in [0, 0.1) is 17.8 Å². The van der Waals surface area contributed by atoms with Crippen LogP contribution in [0.25, 0.3) is 0 Å². The minimum absolute atomic E-state index is 0.0203. The minimum Gasteiger partial charge on any atom is -0.342 e. The highest BCUT2D eigenvalue weighted by Gasteiger charge is 2.40. The molecular formula is C19H31N3O2. The number of fused-ring (bicyclic) bond motifs is 1. The van der Waals surface area contributed by atoms with E-state index in [0.717, 1.165) is 57.2 Å². The molecule has 0 aromatic rings. The number of carbonyl (C=O) groups excluding carboxylic acids is 2. The third-order valence-corrected chi connectivity index (χ3v) is 6.78. The molecule has 0 radical (unpaired) electrons. The third kappa shape index (κ3) is 3.27. The van der Waals surface area contributed by atoms with Crippen molar-refractivity contribution in [3.8, 4) is 0 Å². The van der Waals surface area contributed by atoms with Gasteiger partial charge in [-0.05, 0) is 50.4 Å². The lowest BCUT2D eigenvalue weighted by Crippen LogP contribution is -2.51. The van der Waals surface area contributed by atoms with Crippen LogP contribution in [0.2, 0.25) is 0 Å². The summed E-state index contributed by atoms with van der Waals surface area (Å²) >= 11 is 0. The molecule has 134 valence electrons. The molecule has 4 fully saturated rings. The Kier molecular flexibility index (Phi) is 4.68. The molecule has 0 spiro atoms. The maximum atomic E-state index is 12.9. The van der Waals surface area contributed by atoms with Crippen LogP contribution in [0.5, 0.6) is 0 Å². The maximum absolute atomic E-state index is 12.9. The molecule has 1 N–H and O–H groups in total. The summed E-state index contributed by atoms with van der Waals surface area (Å²) in [4.78, 5) is 29.4. The van der Waals surface area contributed by atoms with Gasteiger partial charge < -0.3 is 15.1 Å². The molecule has 3 atom stereocenters. The van der Waals surface area contributed by atoms with Crippen LogP contribution >= 0.6 is 0 Å². The van der Waals surface area contributed by atoms with Crippen molar-refractivity contribution in [3.63, 3.8) is 0 Å². The topological polar surface area (TPSA) is 52.7 Å². The fourth-order valence-electron chi connectivity index (χ4n) is 5.37. The summed E-state index contributed by atoms with van der Waals surface area (Å²) in [7, 11) is 0. The molecule has 0 aromatic carbocycles. The van der Waals surface area contributed by atoms with Gasteiger partial charge in [-0.2, -0.15) is 0 Å². The molecule has 2 aliphatic carbocycles. The quantitative estimate of drug-likeness (QED) is 0.844. The highest BCUT2D eigenvalue weighted by Crippen LogP contribution is 2.38. The summed E-state index contributed by atoms with van der Waals surface area (Å²) in [6, 6.07) is 0.407. The largest absolute Gasteiger partial charge is 0.342 e. The number of hydrogen-bond donors (Lipinski definition) is 1. The number of likely N-dealkylation sites (tertiary alicyclic amines) is 2. The van der Waals surface area contributed by atoms with E-state index in [0.29, 0.717) is 18.5 Å². The number of carbonyl (C=O) groups is 2. The Bertz CT molecular complexity index is 477. The van der Waals surface area contributed by atoms with Crippen LogP contribution in [0.4, 0.5) is 4.79 Å². The monoisotopic (exact) mass is 333 g/mol. The molecule has 5 nitrogen and oxygen atoms in total. The van der Waals surface area contributed by atoms with Crippen molar-refractivity contribution in [1.82, 2.24) is 15.1 Å². The molecule has 2 saturated carbocycles. The predicted octanol–water partition coefficient (Wildman–Crippen LogP) is 2.61. The first-order chi connectivity index (χ1) is 11.7. The van der Waals surface area contributed by atoms with Crippen molar-refractivity contribution < 1.29 is 9.59 Å². The van der Waals surface area contributed by atoms with Crippen molar-refractivity contribution in [2.75, 3.05) is 26.2 Å². The molecule has 0 bridgehead atoms. The van der Waals surface area contributed by atoms with Crippen LogP contribution in [0.3, 0.4) is 0 Å². The van der Waals surface area contributed by atoms with E-state index in [1.54, 1.807) is 0 Å². The second-order valence-electron chi connectivity index (χ2n) is 8.41. The number of nitrogens with one attached hydrogen (secondary N) is 1. The molecule has 3 amide bonds. The lowest BCUT2D eigenvalue weighted by molar-refractivity contribution is -0.136. The molecule has 4 rings (SSSR count). The Balaban J connectivity index is 1.31. The van der Waals surface area contributed by atoms with E-state index >= 15 is 0 Å². The lowest BCUT2D eigenvalue weighted by Gasteiger charge is -2.34. The Morgan fingerprint density at radius 2 is 1.46 bits per heavy atom. The number of urea groups is 1. The summed E-state index contributed by atoms with van der Waals surface area (Å²) in [5.41, 5.74) is 0. The minimum atomic E-state index is 0.0203. The highest BCUT2D eigenvalue weighted by atomic mass is 16.2. The molecule has 24 heavy (non-hydrogen) atoms. The molecule has 2 saturated heterocycles. The summed E-state index contributed by atoms with van der Waals surface area (Å²) in [6.45, 7) is 3.35. The normalized spacial score (nSPS) is 33.8. The van der Waals surface area contributed by atoms with Crippen LogP contribution in [0.15, 0.2) is 0 Å². The van der Waals surface area contributed by atoms with Gasteiger partial charge in [-0.15, -0.1) is 0 Å². The van der Waals surface area contributed by atoms with Crippen molar-refractivity contribution in [2.24, 2.45) is 17.8 Å². The molecule has 5 heteroatoms. The Labute approximate surface area is 145 Å². The van der Waals surface area contributed by atoms with Crippen LogP contribution in [0.1, 0.15) is 57.8 Å². The summed E-state index contributed by atoms with van der Waals surface area (Å²) < 4.78 is 0. The van der Waals surface area contributed by atoms with E-state index in [1.165, 1.54) is 32.1 Å². The van der Waals surface area contributed by atoms with Crippen molar-refractivity contribution in [2.45, 2.75) is 63.8 Å². The van der Waals surface area contributed by atoms with Crippen molar-refractivity contribution in [1.29, 1.82) is 0 Å². The maximum Gasteiger partial charge on any atom is 0.317 e. The first kappa shape index (κ1) is 16.2. The molecule has 2 aliphatic heterocycles. The number of piperidine rings is 1. The van der Waals surface area contributed by atoms with Gasteiger partial charge in [0.25, 0.3) is 0 Å². The molecule has 2 heterocycles. The van der Waals surface area contributed by atoms with Crippen LogP contribution in [-0.4, -0.2) is 54.0 Å². The van der Waals surface area contributed by atoms with Gasteiger partial charge in [0.1, 0.15) is 0 Å². The van der Waals surface area contributed by atoms with E-state index in [-0.39, 0.29) is 11.9 Å². The summed E-state index contributed by atoms with van der Waals surface area (Å²) in [5, 5.41) is 3.17. The van der Waals surface area contributed by atoms with E-state index in [1.807, 2.05) is 4.90 Å². The molecule has 0 aromatic heterocycles. The van der Waals surface area contributed by atoms with E-state index in [2.05, 4.69) is 10.2 Å². The van der Waals surface area contributed by atoms with E-state index < -0.39 is 0 Å². The molecule has 4 aliphatic rings. The summed E-state index contributed by atoms with van der Waals surface area (Å²) in [5.74, 6) is 1.83. The van der Waals surface area contributed by atoms with Gasteiger partial charge in [-0.3, -0.25) is 4.79 Å². The number of rotatable bonds is 2. The average molecular weight is 333 g/mol. The number of nitrogens with zero attached hydrogens (tertiary/aromatic N) is 2. The number of hydrogen-bond acceptors (Lipinski definition) is 2. The number of amides is 3. The van der Waals surface area contributed by atoms with Crippen LogP contribution in [-0.2, 0) is 4.79 Å². The van der Waals surface area contributed by atoms with Crippen molar-refractivity contribution >= 4 is 11.9 Å². The fraction of sp³-hybridized carbons (Fsp3) is 0.895. The van der Waals surface area contributed by atoms with Gasteiger partial charge in [0.2, 0.25) is 5.91 Å². The zero-order valence-electron chi connectivity index (χ0n) is 14.7. The van der Waals surface area contributed by atoms with Gasteiger partial charge in [0.05, 0.1) is 5.92 Å². The lowest BCUT2D eigenvalue weighted by atomic mass is 9.96. The first-order valence-electron chi connectivity index (χ1n) is 10.0. The average Bonchev–Trinajstić information content (AvgIpc) is 3.31. The van der Waals surface area contributed by atoms with Gasteiger partial charge in [-0.25, -0.2) is 4.79 Å². The smallest absolute Gasteiger partial charge is 0.317 e. The van der Waals surface area contributed by atoms with Gasteiger partial charge >= 0.3 is 6.03 Å². The Morgan fingerprint density at radius 3 is 2.17 bits per heavy atom. The highest BCUT2D eigenvalue weighted by molar-refractivity contribution is 5.81. The van der Waals surface area contributed by atoms with Gasteiger partial charge in [0, 0.05) is 32.2 Å². The third-order valence-electron chi connectivity index (χ3n) is 6.78. The second kappa shape index (κ2) is 6.93. The van der Waals surface area contributed by atoms with Crippen LogP contribution < -0.4 is 5.32 Å². The second-order valence-corrected chi connectivity index (χ2v) is 8.41. The zero-order chi connectivity index (χ0) is 16.5. The summed E-state index contributed by atoms with van der Waals surface area (Å²) in [6.07, 6.45) is 10.5. The predicted molar refractivity (Wildman–Crippen MR) is 92.5 cm³/mol. The van der Waals surface area contributed by atoms with E-state index in [9.17, 15) is 9.59 Å². The zero-order valence-corrected chi connectivity index (χ0v) is 14.7. The van der Waals surface area contributed by atoms with Crippen molar-refractivity contribution in [3.05, 3.63) is 0 Å². The Hall–Kier alpha value is -1.26. The van der Waals surface area contributed by atoms with Gasteiger partial charge in [-0.1, -0.05) is 19.3 Å². The SMILES string of the molecule is O=C(NC1CCCC1)N1CCC[C@H](C(=O)N2C[C@H]3CCC[C@H]3C2)C1. The van der Waals surface area contributed by atoms with E-state index in [4.69, 9.17) is 0 Å². The molecule has 0 unspecified atom stereocenters. The first-order valence-corrected chi connectivity index (χ1v) is 10.0. The fourth-order valence-corrected chi connectivity index (χ4v) is 5.37. The standard InChI is InChI=1S/C19H31N3O2/c23-18(22-11-14-5-3-6-15(14)12-22)16-7-4-10-21(13-16)19(24)20-17-8-1-2-9-17/h14-17H,1-13H2,(H,20,24)/t14-,15+,16-/m0/s1. The van der Waals surface area contributed by atoms with Gasteiger partial charge in [0.15, 0.2) is 0 Å². The Morgan fingerprint density at radius 1 is 0.750 bits per heavy atom.